The number of aryl methyl sites for hydroxylation is 2. The molecule has 1 aromatic carbocycles. The van der Waals surface area contributed by atoms with E-state index in [4.69, 9.17) is 5.11 Å². The minimum Gasteiger partial charge on any atom is -0.481 e. The fourth-order valence-corrected chi connectivity index (χ4v) is 3.09. The molecular weight excluding hydrogens is 286 g/mol. The second-order valence-corrected chi connectivity index (χ2v) is 6.16. The van der Waals surface area contributed by atoms with Gasteiger partial charge in [0.25, 0.3) is 0 Å². The second-order valence-electron chi connectivity index (χ2n) is 5.22. The highest BCUT2D eigenvalue weighted by molar-refractivity contribution is 7.99. The van der Waals surface area contributed by atoms with Crippen LogP contribution in [-0.4, -0.2) is 31.6 Å². The van der Waals surface area contributed by atoms with Gasteiger partial charge in [0.15, 0.2) is 11.0 Å². The average molecular weight is 305 g/mol. The van der Waals surface area contributed by atoms with Crippen LogP contribution in [0.5, 0.6) is 0 Å². The molecule has 0 aliphatic heterocycles. The van der Waals surface area contributed by atoms with Crippen molar-refractivity contribution in [2.45, 2.75) is 38.9 Å². The number of aliphatic carboxylic acids is 1. The van der Waals surface area contributed by atoms with Crippen LogP contribution in [0.25, 0.3) is 11.4 Å². The molecule has 0 spiro atoms. The minimum atomic E-state index is -0.855. The first-order chi connectivity index (χ1) is 9.91. The molecule has 1 heterocycles. The molecule has 0 radical (unpaired) electrons. The highest BCUT2D eigenvalue weighted by atomic mass is 32.2. The molecule has 0 bridgehead atoms. The average Bonchev–Trinajstić information content (AvgIpc) is 2.80. The maximum Gasteiger partial charge on any atom is 0.313 e. The van der Waals surface area contributed by atoms with Crippen molar-refractivity contribution in [3.8, 4) is 11.4 Å². The molecule has 5 nitrogen and oxygen atoms in total. The summed E-state index contributed by atoms with van der Waals surface area (Å²) < 4.78 is 2.00. The molecule has 0 atom stereocenters. The Labute approximate surface area is 128 Å². The highest BCUT2D eigenvalue weighted by Gasteiger charge is 2.19. The van der Waals surface area contributed by atoms with E-state index in [0.29, 0.717) is 5.16 Å². The Hall–Kier alpha value is -1.82. The predicted octanol–water partition coefficient (Wildman–Crippen LogP) is 3.32. The summed E-state index contributed by atoms with van der Waals surface area (Å²) in [5.74, 6) is -0.0714. The molecule has 0 amide bonds. The van der Waals surface area contributed by atoms with Gasteiger partial charge in [-0.1, -0.05) is 30.0 Å². The maximum atomic E-state index is 10.8. The van der Waals surface area contributed by atoms with Crippen LogP contribution >= 0.6 is 11.8 Å². The number of aromatic nitrogens is 3. The molecule has 2 rings (SSSR count). The van der Waals surface area contributed by atoms with E-state index in [9.17, 15) is 4.79 Å². The van der Waals surface area contributed by atoms with Gasteiger partial charge in [-0.15, -0.1) is 10.2 Å². The number of hydrogen-bond donors (Lipinski definition) is 1. The van der Waals surface area contributed by atoms with Gasteiger partial charge in [-0.05, 0) is 38.8 Å². The molecule has 0 aliphatic carbocycles. The summed E-state index contributed by atoms with van der Waals surface area (Å²) in [6.07, 6.45) is 0. The van der Waals surface area contributed by atoms with Gasteiger partial charge < -0.3 is 5.11 Å². The van der Waals surface area contributed by atoms with Crippen molar-refractivity contribution in [2.24, 2.45) is 0 Å². The van der Waals surface area contributed by atoms with Crippen LogP contribution in [0.4, 0.5) is 0 Å². The van der Waals surface area contributed by atoms with Gasteiger partial charge in [-0.25, -0.2) is 0 Å². The fourth-order valence-electron chi connectivity index (χ4n) is 2.30. The fraction of sp³-hybridized carbons (Fsp3) is 0.400. The van der Waals surface area contributed by atoms with Crippen LogP contribution in [0.2, 0.25) is 0 Å². The van der Waals surface area contributed by atoms with E-state index in [1.165, 1.54) is 11.8 Å². The predicted molar refractivity (Wildman–Crippen MR) is 83.7 cm³/mol. The Morgan fingerprint density at radius 2 is 1.90 bits per heavy atom. The van der Waals surface area contributed by atoms with E-state index >= 15 is 0 Å². The molecule has 1 aromatic heterocycles. The van der Waals surface area contributed by atoms with Crippen LogP contribution in [0.1, 0.15) is 31.0 Å². The first-order valence-electron chi connectivity index (χ1n) is 6.78. The molecule has 21 heavy (non-hydrogen) atoms. The molecule has 6 heteroatoms. The van der Waals surface area contributed by atoms with E-state index in [0.717, 1.165) is 22.5 Å². The first kappa shape index (κ1) is 15.6. The van der Waals surface area contributed by atoms with E-state index in [2.05, 4.69) is 10.2 Å². The molecule has 0 aliphatic rings. The third-order valence-corrected chi connectivity index (χ3v) is 4.14. The Bertz CT molecular complexity index is 645. The van der Waals surface area contributed by atoms with Crippen LogP contribution in [0, 0.1) is 13.8 Å². The number of benzene rings is 1. The first-order valence-corrected chi connectivity index (χ1v) is 7.76. The SMILES string of the molecule is Cc1cccc(C)c1-c1nnc(SCC(=O)O)n1C(C)C. The van der Waals surface area contributed by atoms with Gasteiger partial charge in [0, 0.05) is 11.6 Å². The molecular formula is C15H19N3O2S. The molecule has 1 N–H and O–H groups in total. The number of rotatable bonds is 5. The molecule has 0 saturated carbocycles. The van der Waals surface area contributed by atoms with Crippen molar-refractivity contribution in [3.63, 3.8) is 0 Å². The number of carbonyl (C=O) groups is 1. The number of thioether (sulfide) groups is 1. The lowest BCUT2D eigenvalue weighted by Crippen LogP contribution is -2.08. The third-order valence-electron chi connectivity index (χ3n) is 3.21. The Morgan fingerprint density at radius 3 is 2.43 bits per heavy atom. The third kappa shape index (κ3) is 3.26. The van der Waals surface area contributed by atoms with Crippen molar-refractivity contribution < 1.29 is 9.90 Å². The summed E-state index contributed by atoms with van der Waals surface area (Å²) in [5, 5.41) is 18.0. The quantitative estimate of drug-likeness (QED) is 0.858. The number of carboxylic acid groups (broad SMARTS) is 1. The van der Waals surface area contributed by atoms with Crippen molar-refractivity contribution >= 4 is 17.7 Å². The smallest absolute Gasteiger partial charge is 0.313 e. The van der Waals surface area contributed by atoms with Crippen molar-refractivity contribution in [1.82, 2.24) is 14.8 Å². The maximum absolute atomic E-state index is 10.8. The van der Waals surface area contributed by atoms with Gasteiger partial charge in [-0.2, -0.15) is 0 Å². The zero-order valence-corrected chi connectivity index (χ0v) is 13.4. The zero-order valence-electron chi connectivity index (χ0n) is 12.6. The zero-order chi connectivity index (χ0) is 15.6. The number of nitrogens with zero attached hydrogens (tertiary/aromatic N) is 3. The van der Waals surface area contributed by atoms with Crippen LogP contribution < -0.4 is 0 Å². The molecule has 2 aromatic rings. The Morgan fingerprint density at radius 1 is 1.29 bits per heavy atom. The van der Waals surface area contributed by atoms with E-state index in [1.807, 2.05) is 50.5 Å². The summed E-state index contributed by atoms with van der Waals surface area (Å²) in [6.45, 7) is 8.19. The minimum absolute atomic E-state index is 0.0163. The summed E-state index contributed by atoms with van der Waals surface area (Å²) in [7, 11) is 0. The number of carboxylic acids is 1. The Balaban J connectivity index is 2.52. The van der Waals surface area contributed by atoms with E-state index < -0.39 is 5.97 Å². The van der Waals surface area contributed by atoms with Crippen molar-refractivity contribution in [2.75, 3.05) is 5.75 Å². The summed E-state index contributed by atoms with van der Waals surface area (Å²) in [4.78, 5) is 10.8. The lowest BCUT2D eigenvalue weighted by Gasteiger charge is -2.16. The van der Waals surface area contributed by atoms with E-state index in [-0.39, 0.29) is 11.8 Å². The van der Waals surface area contributed by atoms with Gasteiger partial charge in [0.05, 0.1) is 5.75 Å². The van der Waals surface area contributed by atoms with Gasteiger partial charge in [-0.3, -0.25) is 9.36 Å². The molecule has 0 saturated heterocycles. The Kier molecular flexibility index (Phi) is 4.67. The lowest BCUT2D eigenvalue weighted by atomic mass is 10.0. The van der Waals surface area contributed by atoms with Crippen LogP contribution in [0.15, 0.2) is 23.4 Å². The summed E-state index contributed by atoms with van der Waals surface area (Å²) >= 11 is 1.20. The molecule has 0 fully saturated rings. The van der Waals surface area contributed by atoms with Gasteiger partial charge in [0.2, 0.25) is 0 Å². The van der Waals surface area contributed by atoms with Crippen LogP contribution in [0.3, 0.4) is 0 Å². The van der Waals surface area contributed by atoms with E-state index in [1.54, 1.807) is 0 Å². The van der Waals surface area contributed by atoms with Gasteiger partial charge >= 0.3 is 5.97 Å². The molecule has 112 valence electrons. The monoisotopic (exact) mass is 305 g/mol. The number of hydrogen-bond acceptors (Lipinski definition) is 4. The highest BCUT2D eigenvalue weighted by Crippen LogP contribution is 2.31. The second kappa shape index (κ2) is 6.30. The van der Waals surface area contributed by atoms with Crippen molar-refractivity contribution in [1.29, 1.82) is 0 Å². The largest absolute Gasteiger partial charge is 0.481 e. The summed E-state index contributed by atoms with van der Waals surface area (Å²) in [6, 6.07) is 6.27. The topological polar surface area (TPSA) is 68.0 Å². The normalized spacial score (nSPS) is 11.1. The van der Waals surface area contributed by atoms with Crippen molar-refractivity contribution in [3.05, 3.63) is 29.3 Å². The lowest BCUT2D eigenvalue weighted by molar-refractivity contribution is -0.133. The van der Waals surface area contributed by atoms with Gasteiger partial charge in [0.1, 0.15) is 0 Å². The standard InChI is InChI=1S/C15H19N3O2S/c1-9(2)18-14(13-10(3)6-5-7-11(13)4)16-17-15(18)21-8-12(19)20/h5-7,9H,8H2,1-4H3,(H,19,20). The van der Waals surface area contributed by atoms with Crippen LogP contribution in [-0.2, 0) is 4.79 Å². The summed E-state index contributed by atoms with van der Waals surface area (Å²) in [5.41, 5.74) is 3.35. The molecule has 0 unspecified atom stereocenters.